The van der Waals surface area contributed by atoms with E-state index in [1.165, 1.54) is 6.08 Å². The third-order valence-electron chi connectivity index (χ3n) is 4.46. The van der Waals surface area contributed by atoms with Crippen molar-refractivity contribution in [2.24, 2.45) is 0 Å². The van der Waals surface area contributed by atoms with Gasteiger partial charge in [0.2, 0.25) is 6.10 Å². The number of carbonyl (C=O) groups is 2. The van der Waals surface area contributed by atoms with E-state index in [4.69, 9.17) is 9.47 Å². The molecule has 0 saturated heterocycles. The van der Waals surface area contributed by atoms with Gasteiger partial charge >= 0.3 is 5.97 Å². The van der Waals surface area contributed by atoms with Crippen LogP contribution in [0.15, 0.2) is 90.5 Å². The molecule has 0 unspecified atom stereocenters. The number of nitrogens with zero attached hydrogens (tertiary/aromatic N) is 1. The Kier molecular flexibility index (Phi) is 7.77. The summed E-state index contributed by atoms with van der Waals surface area (Å²) >= 11 is 0. The minimum atomic E-state index is -1.26. The number of anilines is 1. The van der Waals surface area contributed by atoms with Crippen LogP contribution in [-0.4, -0.2) is 18.5 Å². The number of carbonyl (C=O) groups excluding carboxylic acids is 2. The van der Waals surface area contributed by atoms with Crippen LogP contribution >= 0.6 is 0 Å². The molecule has 0 aliphatic carbocycles. The number of benzene rings is 3. The zero-order chi connectivity index (χ0) is 22.8. The second-order valence-electron chi connectivity index (χ2n) is 6.69. The number of ether oxygens (including phenoxy) is 2. The molecule has 3 rings (SSSR count). The predicted molar refractivity (Wildman–Crippen MR) is 122 cm³/mol. The molecule has 1 amide bonds. The molecular weight excluding hydrogens is 404 g/mol. The lowest BCUT2D eigenvalue weighted by atomic mass is 10.1. The van der Waals surface area contributed by atoms with Crippen LogP contribution in [0.4, 0.5) is 5.69 Å². The first-order valence-corrected chi connectivity index (χ1v) is 10.1. The fraction of sp³-hybridized carbons (Fsp3) is 0.115. The molecule has 0 aliphatic heterocycles. The number of hydrogen-bond donors (Lipinski definition) is 1. The van der Waals surface area contributed by atoms with Crippen LogP contribution in [0.5, 0.6) is 5.75 Å². The molecule has 6 heteroatoms. The largest absolute Gasteiger partial charge is 0.492 e. The van der Waals surface area contributed by atoms with E-state index in [-0.39, 0.29) is 5.57 Å². The second kappa shape index (κ2) is 11.1. The maximum atomic E-state index is 13.1. The van der Waals surface area contributed by atoms with Gasteiger partial charge in [-0.3, -0.25) is 4.79 Å². The maximum absolute atomic E-state index is 13.1. The summed E-state index contributed by atoms with van der Waals surface area (Å²) < 4.78 is 11.1. The average Bonchev–Trinajstić information content (AvgIpc) is 2.83. The van der Waals surface area contributed by atoms with Crippen molar-refractivity contribution in [2.75, 3.05) is 11.9 Å². The lowest BCUT2D eigenvalue weighted by Gasteiger charge is -2.19. The van der Waals surface area contributed by atoms with Crippen molar-refractivity contribution in [3.8, 4) is 11.8 Å². The highest BCUT2D eigenvalue weighted by Gasteiger charge is 2.27. The number of nitrogens with one attached hydrogen (secondary N) is 1. The SMILES string of the molecule is CCOc1ccccc1NC(=O)[C@H](OC(=O)/C(C#N)=C/c1ccccc1)c1ccccc1. The monoisotopic (exact) mass is 426 g/mol. The molecule has 160 valence electrons. The van der Waals surface area contributed by atoms with Gasteiger partial charge in [0.1, 0.15) is 17.4 Å². The van der Waals surface area contributed by atoms with Crippen LogP contribution in [0, 0.1) is 11.3 Å². The van der Waals surface area contributed by atoms with Crippen molar-refractivity contribution in [1.29, 1.82) is 5.26 Å². The van der Waals surface area contributed by atoms with E-state index in [1.807, 2.05) is 19.1 Å². The van der Waals surface area contributed by atoms with E-state index >= 15 is 0 Å². The Morgan fingerprint density at radius 1 is 0.969 bits per heavy atom. The Labute approximate surface area is 186 Å². The Bertz CT molecular complexity index is 1140. The van der Waals surface area contributed by atoms with Gasteiger partial charge in [0, 0.05) is 5.56 Å². The zero-order valence-electron chi connectivity index (χ0n) is 17.5. The highest BCUT2D eigenvalue weighted by atomic mass is 16.5. The Hall–Kier alpha value is -4.37. The molecule has 0 aromatic heterocycles. The van der Waals surface area contributed by atoms with Gasteiger partial charge in [-0.15, -0.1) is 0 Å². The van der Waals surface area contributed by atoms with Crippen molar-refractivity contribution < 1.29 is 19.1 Å². The first kappa shape index (κ1) is 22.3. The summed E-state index contributed by atoms with van der Waals surface area (Å²) in [6, 6.07) is 26.4. The van der Waals surface area contributed by atoms with E-state index in [0.717, 1.165) is 0 Å². The summed E-state index contributed by atoms with van der Waals surface area (Å²) in [4.78, 5) is 25.9. The van der Waals surface area contributed by atoms with Gasteiger partial charge in [-0.05, 0) is 30.7 Å². The van der Waals surface area contributed by atoms with Gasteiger partial charge in [0.15, 0.2) is 0 Å². The van der Waals surface area contributed by atoms with E-state index < -0.39 is 18.0 Å². The Morgan fingerprint density at radius 2 is 1.59 bits per heavy atom. The van der Waals surface area contributed by atoms with Gasteiger partial charge in [0.05, 0.1) is 12.3 Å². The van der Waals surface area contributed by atoms with Crippen molar-refractivity contribution >= 4 is 23.6 Å². The van der Waals surface area contributed by atoms with Crippen LogP contribution in [0.1, 0.15) is 24.2 Å². The molecule has 1 atom stereocenters. The molecule has 3 aromatic carbocycles. The lowest BCUT2D eigenvalue weighted by Crippen LogP contribution is -2.26. The standard InChI is InChI=1S/C26H22N2O4/c1-2-31-23-16-10-9-15-22(23)28-25(29)24(20-13-7-4-8-14-20)32-26(30)21(18-27)17-19-11-5-3-6-12-19/h3-17,24H,2H2,1H3,(H,28,29)/b21-17+/t24-/m1/s1. The molecule has 0 radical (unpaired) electrons. The summed E-state index contributed by atoms with van der Waals surface area (Å²) in [6.07, 6.45) is 0.165. The highest BCUT2D eigenvalue weighted by Crippen LogP contribution is 2.27. The summed E-state index contributed by atoms with van der Waals surface area (Å²) in [7, 11) is 0. The molecule has 0 heterocycles. The number of amides is 1. The number of rotatable bonds is 8. The van der Waals surface area contributed by atoms with Crippen molar-refractivity contribution in [3.63, 3.8) is 0 Å². The minimum absolute atomic E-state index is 0.209. The fourth-order valence-corrected chi connectivity index (χ4v) is 2.97. The van der Waals surface area contributed by atoms with Gasteiger partial charge < -0.3 is 14.8 Å². The zero-order valence-corrected chi connectivity index (χ0v) is 17.5. The fourth-order valence-electron chi connectivity index (χ4n) is 2.97. The molecule has 3 aromatic rings. The molecule has 32 heavy (non-hydrogen) atoms. The van der Waals surface area contributed by atoms with Crippen LogP contribution in [0.3, 0.4) is 0 Å². The molecule has 1 N–H and O–H groups in total. The molecule has 0 saturated carbocycles. The number of nitriles is 1. The quantitative estimate of drug-likeness (QED) is 0.314. The lowest BCUT2D eigenvalue weighted by molar-refractivity contribution is -0.150. The molecule has 0 bridgehead atoms. The topological polar surface area (TPSA) is 88.4 Å². The first-order valence-electron chi connectivity index (χ1n) is 10.1. The molecule has 0 spiro atoms. The minimum Gasteiger partial charge on any atom is -0.492 e. The second-order valence-corrected chi connectivity index (χ2v) is 6.69. The predicted octanol–water partition coefficient (Wildman–Crippen LogP) is 4.92. The first-order chi connectivity index (χ1) is 15.6. The molecule has 0 fully saturated rings. The van der Waals surface area contributed by atoms with Crippen molar-refractivity contribution in [1.82, 2.24) is 0 Å². The van der Waals surface area contributed by atoms with E-state index in [9.17, 15) is 14.9 Å². The van der Waals surface area contributed by atoms with E-state index in [0.29, 0.717) is 29.2 Å². The average molecular weight is 426 g/mol. The van der Waals surface area contributed by atoms with Crippen LogP contribution in [-0.2, 0) is 14.3 Å². The Balaban J connectivity index is 1.87. The summed E-state index contributed by atoms with van der Waals surface area (Å²) in [5.41, 5.74) is 1.40. The number of hydrogen-bond acceptors (Lipinski definition) is 5. The summed E-state index contributed by atoms with van der Waals surface area (Å²) in [6.45, 7) is 2.27. The van der Waals surface area contributed by atoms with Gasteiger partial charge in [-0.25, -0.2) is 4.79 Å². The third-order valence-corrected chi connectivity index (χ3v) is 4.46. The molecular formula is C26H22N2O4. The van der Waals surface area contributed by atoms with Gasteiger partial charge in [-0.2, -0.15) is 5.26 Å². The number of para-hydroxylation sites is 2. The van der Waals surface area contributed by atoms with Gasteiger partial charge in [0.25, 0.3) is 5.91 Å². The van der Waals surface area contributed by atoms with Crippen LogP contribution in [0.2, 0.25) is 0 Å². The van der Waals surface area contributed by atoms with Crippen molar-refractivity contribution in [2.45, 2.75) is 13.0 Å². The van der Waals surface area contributed by atoms with E-state index in [2.05, 4.69) is 5.32 Å². The van der Waals surface area contributed by atoms with Gasteiger partial charge in [-0.1, -0.05) is 72.8 Å². The summed E-state index contributed by atoms with van der Waals surface area (Å²) in [5.74, 6) is -0.949. The molecule has 6 nitrogen and oxygen atoms in total. The maximum Gasteiger partial charge on any atom is 0.350 e. The summed E-state index contributed by atoms with van der Waals surface area (Å²) in [5, 5.41) is 12.2. The highest BCUT2D eigenvalue weighted by molar-refractivity contribution is 6.01. The van der Waals surface area contributed by atoms with Crippen LogP contribution in [0.25, 0.3) is 6.08 Å². The normalized spacial score (nSPS) is 11.7. The van der Waals surface area contributed by atoms with E-state index in [1.54, 1.807) is 78.9 Å². The molecule has 0 aliphatic rings. The van der Waals surface area contributed by atoms with Crippen molar-refractivity contribution in [3.05, 3.63) is 102 Å². The third kappa shape index (κ3) is 5.83. The smallest absolute Gasteiger partial charge is 0.350 e. The Morgan fingerprint density at radius 3 is 2.25 bits per heavy atom. The van der Waals surface area contributed by atoms with Crippen LogP contribution < -0.4 is 10.1 Å². The number of esters is 1.